The molecule has 0 radical (unpaired) electrons. The highest BCUT2D eigenvalue weighted by Gasteiger charge is 2.23. The third-order valence-electron chi connectivity index (χ3n) is 7.22. The molecule has 0 unspecified atom stereocenters. The number of benzene rings is 6. The number of fused-ring (bicyclic) bond motifs is 2. The Bertz CT molecular complexity index is 2400. The summed E-state index contributed by atoms with van der Waals surface area (Å²) in [6.07, 6.45) is 0. The summed E-state index contributed by atoms with van der Waals surface area (Å²) in [5.41, 5.74) is 0.475. The normalized spacial score (nSPS) is 12.5. The summed E-state index contributed by atoms with van der Waals surface area (Å²) in [6, 6.07) is 24.5. The van der Waals surface area contributed by atoms with Gasteiger partial charge in [0.05, 0.1) is 10.0 Å². The second-order valence-corrected chi connectivity index (χ2v) is 13.9. The molecular formula is C32H20Cl2N4O8S2. The number of hydrogen-bond donors (Lipinski definition) is 4. The molecule has 12 nitrogen and oxygen atoms in total. The van der Waals surface area contributed by atoms with Gasteiger partial charge in [0, 0.05) is 10.8 Å². The highest BCUT2D eigenvalue weighted by Crippen LogP contribution is 2.44. The van der Waals surface area contributed by atoms with Crippen LogP contribution >= 0.6 is 23.2 Å². The van der Waals surface area contributed by atoms with Crippen LogP contribution in [0.15, 0.2) is 127 Å². The number of hydrogen-bond acceptors (Lipinski definition) is 10. The molecule has 0 spiro atoms. The van der Waals surface area contributed by atoms with Crippen LogP contribution in [0.5, 0.6) is 11.5 Å². The first kappa shape index (κ1) is 33.0. The van der Waals surface area contributed by atoms with Crippen LogP contribution in [0.25, 0.3) is 32.7 Å². The van der Waals surface area contributed by atoms with E-state index in [-0.39, 0.29) is 21.4 Å². The zero-order valence-corrected chi connectivity index (χ0v) is 27.2. The zero-order valence-electron chi connectivity index (χ0n) is 24.0. The lowest BCUT2D eigenvalue weighted by atomic mass is 10.0. The highest BCUT2D eigenvalue weighted by molar-refractivity contribution is 7.86. The second-order valence-electron chi connectivity index (χ2n) is 10.3. The first-order chi connectivity index (χ1) is 22.7. The van der Waals surface area contributed by atoms with Crippen molar-refractivity contribution in [2.75, 3.05) is 0 Å². The van der Waals surface area contributed by atoms with Gasteiger partial charge >= 0.3 is 0 Å². The summed E-state index contributed by atoms with van der Waals surface area (Å²) < 4.78 is 67.8. The molecule has 6 aromatic rings. The molecule has 4 N–H and O–H groups in total. The van der Waals surface area contributed by atoms with E-state index < -0.39 is 52.9 Å². The molecule has 0 aromatic heterocycles. The maximum atomic E-state index is 12.1. The summed E-state index contributed by atoms with van der Waals surface area (Å²) in [5, 5.41) is 38.9. The van der Waals surface area contributed by atoms with Gasteiger partial charge in [-0.15, -0.1) is 20.5 Å². The third kappa shape index (κ3) is 6.44. The predicted molar refractivity (Wildman–Crippen MR) is 181 cm³/mol. The molecule has 0 bridgehead atoms. The zero-order chi connectivity index (χ0) is 34.4. The van der Waals surface area contributed by atoms with Crippen molar-refractivity contribution in [2.45, 2.75) is 9.79 Å². The van der Waals surface area contributed by atoms with Crippen molar-refractivity contribution in [1.82, 2.24) is 0 Å². The van der Waals surface area contributed by atoms with Gasteiger partial charge in [0.1, 0.15) is 32.5 Å². The minimum absolute atomic E-state index is 0.106. The first-order valence-electron chi connectivity index (χ1n) is 13.6. The van der Waals surface area contributed by atoms with Gasteiger partial charge in [-0.3, -0.25) is 9.11 Å². The summed E-state index contributed by atoms with van der Waals surface area (Å²) >= 11 is 12.9. The van der Waals surface area contributed by atoms with Crippen molar-refractivity contribution in [3.05, 3.63) is 107 Å². The lowest BCUT2D eigenvalue weighted by Crippen LogP contribution is -1.99. The van der Waals surface area contributed by atoms with E-state index in [1.54, 1.807) is 60.7 Å². The Hall–Kier alpha value is -4.96. The van der Waals surface area contributed by atoms with E-state index in [9.17, 15) is 36.2 Å². The highest BCUT2D eigenvalue weighted by atomic mass is 35.5. The molecule has 0 fully saturated rings. The van der Waals surface area contributed by atoms with Gasteiger partial charge in [-0.05, 0) is 58.3 Å². The lowest BCUT2D eigenvalue weighted by molar-refractivity contribution is 0.471. The van der Waals surface area contributed by atoms with Crippen molar-refractivity contribution in [3.8, 4) is 22.6 Å². The van der Waals surface area contributed by atoms with Crippen LogP contribution in [-0.4, -0.2) is 36.2 Å². The molecule has 0 heterocycles. The molecule has 6 rings (SSSR count). The van der Waals surface area contributed by atoms with Gasteiger partial charge in [0.25, 0.3) is 20.2 Å². The fourth-order valence-corrected chi connectivity index (χ4v) is 6.67. The molecule has 0 saturated heterocycles. The molecule has 0 aliphatic rings. The van der Waals surface area contributed by atoms with Crippen molar-refractivity contribution in [3.63, 3.8) is 0 Å². The van der Waals surface area contributed by atoms with Crippen LogP contribution in [0.2, 0.25) is 10.0 Å². The molecule has 0 saturated carbocycles. The second kappa shape index (κ2) is 12.6. The maximum Gasteiger partial charge on any atom is 0.296 e. The number of nitrogens with zero attached hydrogens (tertiary/aromatic N) is 4. The number of halogens is 2. The average molecular weight is 724 g/mol. The van der Waals surface area contributed by atoms with Crippen LogP contribution in [0.3, 0.4) is 0 Å². The lowest BCUT2D eigenvalue weighted by Gasteiger charge is -2.09. The number of aromatic hydroxyl groups is 2. The van der Waals surface area contributed by atoms with Gasteiger partial charge in [0.15, 0.2) is 11.5 Å². The number of phenolic OH excluding ortho intramolecular Hbond substituents is 2. The van der Waals surface area contributed by atoms with Gasteiger partial charge in [-0.2, -0.15) is 16.8 Å². The SMILES string of the molecule is O=S(=O)(O)c1cc2ccccc2c(O)c1/N=N/c1ccc(-c2ccc(/N=N/c3c(S(=O)(=O)O)cc4ccccc4c3O)c(Cl)c2)cc1Cl. The smallest absolute Gasteiger partial charge is 0.296 e. The largest absolute Gasteiger partial charge is 0.505 e. The van der Waals surface area contributed by atoms with E-state index >= 15 is 0 Å². The molecule has 242 valence electrons. The monoisotopic (exact) mass is 722 g/mol. The Morgan fingerprint density at radius 1 is 0.500 bits per heavy atom. The van der Waals surface area contributed by atoms with E-state index in [2.05, 4.69) is 20.5 Å². The summed E-state index contributed by atoms with van der Waals surface area (Å²) in [6.45, 7) is 0. The fourth-order valence-electron chi connectivity index (χ4n) is 4.91. The standard InChI is InChI=1S/C32H20Cl2N4O8S2/c33-23-13-17(9-11-25(23)35-37-29-27(47(41,42)43)15-19-5-1-3-7-21(19)31(29)39)18-10-12-26(24(34)14-18)36-38-30-28(48(44,45)46)16-20-6-2-4-8-22(20)32(30)40/h1-16,39-40H,(H,41,42,43)(H,44,45,46)/b37-35+,38-36+. The van der Waals surface area contributed by atoms with Crippen molar-refractivity contribution in [1.29, 1.82) is 0 Å². The van der Waals surface area contributed by atoms with Crippen molar-refractivity contribution < 1.29 is 36.2 Å². The van der Waals surface area contributed by atoms with Crippen molar-refractivity contribution in [2.24, 2.45) is 20.5 Å². The molecule has 0 aliphatic heterocycles. The van der Waals surface area contributed by atoms with Crippen molar-refractivity contribution >= 4 is 87.7 Å². The van der Waals surface area contributed by atoms with E-state index in [1.165, 1.54) is 36.4 Å². The molecule has 0 aliphatic carbocycles. The number of phenols is 2. The Morgan fingerprint density at radius 2 is 0.875 bits per heavy atom. The van der Waals surface area contributed by atoms with Gasteiger partial charge < -0.3 is 10.2 Å². The average Bonchev–Trinajstić information content (AvgIpc) is 3.04. The molecule has 16 heteroatoms. The Kier molecular flexibility index (Phi) is 8.63. The van der Waals surface area contributed by atoms with Crippen LogP contribution < -0.4 is 0 Å². The minimum atomic E-state index is -4.78. The Labute approximate surface area is 282 Å². The van der Waals surface area contributed by atoms with Gasteiger partial charge in [0.2, 0.25) is 0 Å². The Morgan fingerprint density at radius 3 is 1.23 bits per heavy atom. The first-order valence-corrected chi connectivity index (χ1v) is 17.2. The fraction of sp³-hybridized carbons (Fsp3) is 0. The van der Waals surface area contributed by atoms with Crippen LogP contribution in [0.1, 0.15) is 0 Å². The van der Waals surface area contributed by atoms with E-state index in [1.807, 2.05) is 0 Å². The molecule has 48 heavy (non-hydrogen) atoms. The number of rotatable bonds is 7. The topological polar surface area (TPSA) is 199 Å². The van der Waals surface area contributed by atoms with Crippen LogP contribution in [-0.2, 0) is 20.2 Å². The minimum Gasteiger partial charge on any atom is -0.505 e. The molecule has 6 aromatic carbocycles. The van der Waals surface area contributed by atoms with Gasteiger partial charge in [-0.1, -0.05) is 83.9 Å². The van der Waals surface area contributed by atoms with Gasteiger partial charge in [-0.25, -0.2) is 0 Å². The van der Waals surface area contributed by atoms with Crippen LogP contribution in [0, 0.1) is 0 Å². The quantitative estimate of drug-likeness (QED) is 0.0921. The van der Waals surface area contributed by atoms with E-state index in [4.69, 9.17) is 23.2 Å². The Balaban J connectivity index is 1.31. The maximum absolute atomic E-state index is 12.1. The summed E-state index contributed by atoms with van der Waals surface area (Å²) in [4.78, 5) is -1.26. The van der Waals surface area contributed by atoms with Crippen LogP contribution in [0.4, 0.5) is 22.7 Å². The summed E-state index contributed by atoms with van der Waals surface area (Å²) in [7, 11) is -9.55. The number of azo groups is 2. The van der Waals surface area contributed by atoms with E-state index in [0.717, 1.165) is 0 Å². The summed E-state index contributed by atoms with van der Waals surface area (Å²) in [5.74, 6) is -0.983. The predicted octanol–water partition coefficient (Wildman–Crippen LogP) is 9.70. The molecule has 0 amide bonds. The molecule has 0 atom stereocenters. The van der Waals surface area contributed by atoms with E-state index in [0.29, 0.717) is 32.7 Å². The molecular weight excluding hydrogens is 703 g/mol. The third-order valence-corrected chi connectivity index (χ3v) is 9.56.